The second-order valence-corrected chi connectivity index (χ2v) is 7.89. The summed E-state index contributed by atoms with van der Waals surface area (Å²) in [5, 5.41) is 14.8. The Morgan fingerprint density at radius 2 is 1.88 bits per heavy atom. The van der Waals surface area contributed by atoms with Gasteiger partial charge in [0.15, 0.2) is 0 Å². The molecule has 0 bridgehead atoms. The summed E-state index contributed by atoms with van der Waals surface area (Å²) in [6.45, 7) is 9.65. The van der Waals surface area contributed by atoms with E-state index in [1.165, 1.54) is 23.9 Å². The topological polar surface area (TPSA) is 72.7 Å². The van der Waals surface area contributed by atoms with E-state index in [0.717, 1.165) is 5.56 Å². The lowest BCUT2D eigenvalue weighted by Crippen LogP contribution is -2.33. The zero-order valence-corrected chi connectivity index (χ0v) is 15.3. The molecular weight excluding hydrogens is 329 g/mol. The van der Waals surface area contributed by atoms with Gasteiger partial charge in [-0.05, 0) is 62.7 Å². The van der Waals surface area contributed by atoms with Crippen LogP contribution in [0.5, 0.6) is 0 Å². The van der Waals surface area contributed by atoms with E-state index in [4.69, 9.17) is 0 Å². The van der Waals surface area contributed by atoms with Crippen molar-refractivity contribution in [2.45, 2.75) is 56.6 Å². The summed E-state index contributed by atoms with van der Waals surface area (Å²) in [4.78, 5) is 12.4. The molecule has 6 nitrogen and oxygen atoms in total. The van der Waals surface area contributed by atoms with Crippen LogP contribution in [0.25, 0.3) is 0 Å². The maximum atomic E-state index is 13.0. The molecule has 0 fully saturated rings. The van der Waals surface area contributed by atoms with E-state index < -0.39 is 0 Å². The second kappa shape index (κ2) is 7.29. The fourth-order valence-corrected chi connectivity index (χ4v) is 3.04. The van der Waals surface area contributed by atoms with Gasteiger partial charge in [-0.15, -0.1) is 5.10 Å². The predicted molar refractivity (Wildman–Crippen MR) is 91.1 cm³/mol. The van der Waals surface area contributed by atoms with Crippen LogP contribution in [0.3, 0.4) is 0 Å². The van der Waals surface area contributed by atoms with Gasteiger partial charge >= 0.3 is 0 Å². The number of thioether (sulfide) groups is 1. The first-order valence-corrected chi connectivity index (χ1v) is 8.58. The van der Waals surface area contributed by atoms with Crippen molar-refractivity contribution in [3.8, 4) is 0 Å². The van der Waals surface area contributed by atoms with Gasteiger partial charge in [-0.25, -0.2) is 9.07 Å². The molecule has 0 spiro atoms. The molecule has 0 saturated heterocycles. The van der Waals surface area contributed by atoms with E-state index in [-0.39, 0.29) is 28.6 Å². The van der Waals surface area contributed by atoms with Crippen molar-refractivity contribution in [2.75, 3.05) is 0 Å². The molecule has 130 valence electrons. The van der Waals surface area contributed by atoms with Crippen molar-refractivity contribution in [1.82, 2.24) is 25.5 Å². The van der Waals surface area contributed by atoms with Crippen LogP contribution in [0.15, 0.2) is 29.4 Å². The number of rotatable bonds is 5. The van der Waals surface area contributed by atoms with Gasteiger partial charge in [-0.2, -0.15) is 0 Å². The number of benzene rings is 1. The number of hydrogen-bond acceptors (Lipinski definition) is 5. The molecule has 1 amide bonds. The van der Waals surface area contributed by atoms with Crippen LogP contribution in [0.1, 0.15) is 46.2 Å². The number of tetrazole rings is 1. The Morgan fingerprint density at radius 1 is 1.25 bits per heavy atom. The highest BCUT2D eigenvalue weighted by molar-refractivity contribution is 8.00. The SMILES string of the molecule is C[C@H](Sc1nnnn1C(C)(C)C)C(=O)N[C@H](C)c1ccc(F)cc1. The molecule has 0 radical (unpaired) electrons. The van der Waals surface area contributed by atoms with Gasteiger partial charge in [-0.1, -0.05) is 23.9 Å². The number of carbonyl (C=O) groups excluding carboxylic acids is 1. The van der Waals surface area contributed by atoms with Gasteiger partial charge < -0.3 is 5.32 Å². The van der Waals surface area contributed by atoms with Gasteiger partial charge in [-0.3, -0.25) is 4.79 Å². The van der Waals surface area contributed by atoms with Crippen LogP contribution >= 0.6 is 11.8 Å². The van der Waals surface area contributed by atoms with E-state index in [0.29, 0.717) is 5.16 Å². The summed E-state index contributed by atoms with van der Waals surface area (Å²) in [5.74, 6) is -0.421. The lowest BCUT2D eigenvalue weighted by molar-refractivity contribution is -0.120. The van der Waals surface area contributed by atoms with Crippen LogP contribution in [-0.4, -0.2) is 31.4 Å². The van der Waals surface area contributed by atoms with Gasteiger partial charge in [0.05, 0.1) is 16.8 Å². The summed E-state index contributed by atoms with van der Waals surface area (Å²) >= 11 is 1.31. The summed E-state index contributed by atoms with van der Waals surface area (Å²) in [6, 6.07) is 5.89. The first kappa shape index (κ1) is 18.4. The van der Waals surface area contributed by atoms with Crippen LogP contribution in [-0.2, 0) is 10.3 Å². The molecule has 8 heteroatoms. The van der Waals surface area contributed by atoms with Crippen molar-refractivity contribution < 1.29 is 9.18 Å². The van der Waals surface area contributed by atoms with Gasteiger partial charge in [0.25, 0.3) is 0 Å². The minimum Gasteiger partial charge on any atom is -0.349 e. The van der Waals surface area contributed by atoms with Gasteiger partial charge in [0, 0.05) is 0 Å². The lowest BCUT2D eigenvalue weighted by atomic mass is 10.1. The predicted octanol–water partition coefficient (Wildman–Crippen LogP) is 2.93. The smallest absolute Gasteiger partial charge is 0.233 e. The molecule has 2 atom stereocenters. The molecule has 2 aromatic rings. The number of aromatic nitrogens is 4. The summed E-state index contributed by atoms with van der Waals surface area (Å²) in [5.41, 5.74) is 0.588. The minimum atomic E-state index is -0.361. The number of nitrogens with one attached hydrogen (secondary N) is 1. The maximum Gasteiger partial charge on any atom is 0.233 e. The molecule has 0 aliphatic rings. The molecule has 1 aromatic heterocycles. The minimum absolute atomic E-state index is 0.125. The van der Waals surface area contributed by atoms with Crippen molar-refractivity contribution >= 4 is 17.7 Å². The monoisotopic (exact) mass is 351 g/mol. The Hall–Kier alpha value is -1.96. The third-order valence-electron chi connectivity index (χ3n) is 3.46. The molecule has 1 aromatic carbocycles. The third kappa shape index (κ3) is 4.53. The lowest BCUT2D eigenvalue weighted by Gasteiger charge is -2.21. The first-order chi connectivity index (χ1) is 11.2. The van der Waals surface area contributed by atoms with E-state index >= 15 is 0 Å². The van der Waals surface area contributed by atoms with Crippen molar-refractivity contribution in [3.05, 3.63) is 35.6 Å². The number of nitrogens with zero attached hydrogens (tertiary/aromatic N) is 4. The summed E-state index contributed by atoms with van der Waals surface area (Å²) < 4.78 is 14.7. The normalized spacial score (nSPS) is 14.2. The zero-order valence-electron chi connectivity index (χ0n) is 14.4. The highest BCUT2D eigenvalue weighted by Gasteiger charge is 2.24. The van der Waals surface area contributed by atoms with E-state index in [9.17, 15) is 9.18 Å². The van der Waals surface area contributed by atoms with Gasteiger partial charge in [0.1, 0.15) is 5.82 Å². The molecule has 0 aliphatic carbocycles. The number of amides is 1. The molecule has 0 saturated carbocycles. The third-order valence-corrected chi connectivity index (χ3v) is 4.49. The first-order valence-electron chi connectivity index (χ1n) is 7.70. The highest BCUT2D eigenvalue weighted by atomic mass is 32.2. The Kier molecular flexibility index (Phi) is 5.58. The van der Waals surface area contributed by atoms with E-state index in [2.05, 4.69) is 20.8 Å². The molecule has 1 N–H and O–H groups in total. The van der Waals surface area contributed by atoms with Crippen molar-refractivity contribution in [2.24, 2.45) is 0 Å². The summed E-state index contributed by atoms with van der Waals surface area (Å²) in [7, 11) is 0. The average molecular weight is 351 g/mol. The van der Waals surface area contributed by atoms with Crippen molar-refractivity contribution in [1.29, 1.82) is 0 Å². The van der Waals surface area contributed by atoms with Crippen LogP contribution in [0, 0.1) is 5.82 Å². The zero-order chi connectivity index (χ0) is 17.9. The van der Waals surface area contributed by atoms with E-state index in [1.54, 1.807) is 23.7 Å². The van der Waals surface area contributed by atoms with Crippen LogP contribution in [0.2, 0.25) is 0 Å². The Balaban J connectivity index is 2.00. The molecular formula is C16H22FN5OS. The molecule has 1 heterocycles. The fraction of sp³-hybridized carbons (Fsp3) is 0.500. The Labute approximate surface area is 145 Å². The highest BCUT2D eigenvalue weighted by Crippen LogP contribution is 2.25. The van der Waals surface area contributed by atoms with E-state index in [1.807, 2.05) is 27.7 Å². The molecule has 2 rings (SSSR count). The van der Waals surface area contributed by atoms with Crippen LogP contribution < -0.4 is 5.32 Å². The average Bonchev–Trinajstić information content (AvgIpc) is 2.96. The maximum absolute atomic E-state index is 13.0. The number of carbonyl (C=O) groups is 1. The Bertz CT molecular complexity index is 695. The number of hydrogen-bond donors (Lipinski definition) is 1. The number of halogens is 1. The molecule has 0 unspecified atom stereocenters. The molecule has 0 aliphatic heterocycles. The summed E-state index contributed by atoms with van der Waals surface area (Å²) in [6.07, 6.45) is 0. The fourth-order valence-electron chi connectivity index (χ4n) is 2.05. The van der Waals surface area contributed by atoms with Crippen LogP contribution in [0.4, 0.5) is 4.39 Å². The molecule has 24 heavy (non-hydrogen) atoms. The van der Waals surface area contributed by atoms with Gasteiger partial charge in [0.2, 0.25) is 11.1 Å². The second-order valence-electron chi connectivity index (χ2n) is 6.59. The largest absolute Gasteiger partial charge is 0.349 e. The quantitative estimate of drug-likeness (QED) is 0.839. The standard InChI is InChI=1S/C16H22FN5OS/c1-10(12-6-8-13(17)9-7-12)18-14(23)11(2)24-15-19-20-21-22(15)16(3,4)5/h6-11H,1-5H3,(H,18,23)/t10-,11+/m1/s1. The van der Waals surface area contributed by atoms with Crippen molar-refractivity contribution in [3.63, 3.8) is 0 Å². The Morgan fingerprint density at radius 3 is 2.46 bits per heavy atom.